The van der Waals surface area contributed by atoms with Crippen molar-refractivity contribution in [1.29, 1.82) is 0 Å². The third kappa shape index (κ3) is 3.53. The Morgan fingerprint density at radius 3 is 2.94 bits per heavy atom. The Balaban J connectivity index is 1.87. The minimum atomic E-state index is 0.336. The summed E-state index contributed by atoms with van der Waals surface area (Å²) in [6.45, 7) is 9.33. The molecule has 0 bridgehead atoms. The summed E-state index contributed by atoms with van der Waals surface area (Å²) in [6, 6.07) is 0.336. The fourth-order valence-electron chi connectivity index (χ4n) is 2.38. The Bertz CT molecular complexity index is 377. The molecule has 5 nitrogen and oxygen atoms in total. The van der Waals surface area contributed by atoms with Gasteiger partial charge in [0.15, 0.2) is 5.82 Å². The van der Waals surface area contributed by atoms with E-state index in [0.717, 1.165) is 44.2 Å². The topological polar surface area (TPSA) is 68.2 Å². The minimum absolute atomic E-state index is 0.336. The van der Waals surface area contributed by atoms with Gasteiger partial charge in [0.25, 0.3) is 0 Å². The van der Waals surface area contributed by atoms with E-state index in [1.165, 1.54) is 0 Å². The second-order valence-corrected chi connectivity index (χ2v) is 5.87. The van der Waals surface area contributed by atoms with Gasteiger partial charge < -0.3 is 10.3 Å². The van der Waals surface area contributed by atoms with Crippen LogP contribution in [-0.4, -0.2) is 34.2 Å². The van der Waals surface area contributed by atoms with Crippen LogP contribution in [0.15, 0.2) is 4.52 Å². The maximum absolute atomic E-state index is 6.02. The Morgan fingerprint density at radius 1 is 1.50 bits per heavy atom. The Hall–Kier alpha value is -0.940. The molecule has 102 valence electrons. The van der Waals surface area contributed by atoms with E-state index < -0.39 is 0 Å². The van der Waals surface area contributed by atoms with Crippen LogP contribution in [0.25, 0.3) is 0 Å². The summed E-state index contributed by atoms with van der Waals surface area (Å²) in [5.41, 5.74) is 6.02. The van der Waals surface area contributed by atoms with E-state index in [1.54, 1.807) is 0 Å². The first-order valence-electron chi connectivity index (χ1n) is 6.84. The van der Waals surface area contributed by atoms with E-state index >= 15 is 0 Å². The van der Waals surface area contributed by atoms with Crippen molar-refractivity contribution < 1.29 is 4.52 Å². The van der Waals surface area contributed by atoms with Crippen LogP contribution in [0.2, 0.25) is 0 Å². The van der Waals surface area contributed by atoms with Crippen LogP contribution in [0.5, 0.6) is 0 Å². The molecule has 0 radical (unpaired) electrons. The first kappa shape index (κ1) is 13.5. The summed E-state index contributed by atoms with van der Waals surface area (Å²) >= 11 is 0. The van der Waals surface area contributed by atoms with E-state index in [0.29, 0.717) is 17.9 Å². The number of likely N-dealkylation sites (tertiary alicyclic amines) is 1. The molecule has 0 aliphatic carbocycles. The largest absolute Gasteiger partial charge is 0.339 e. The smallest absolute Gasteiger partial charge is 0.226 e. The second-order valence-electron chi connectivity index (χ2n) is 5.87. The molecule has 1 aliphatic heterocycles. The molecule has 0 aromatic carbocycles. The molecule has 1 aliphatic rings. The molecule has 2 rings (SSSR count). The third-order valence-electron chi connectivity index (χ3n) is 3.51. The van der Waals surface area contributed by atoms with E-state index in [9.17, 15) is 0 Å². The van der Waals surface area contributed by atoms with Crippen LogP contribution in [0, 0.1) is 11.8 Å². The van der Waals surface area contributed by atoms with Gasteiger partial charge in [-0.2, -0.15) is 4.98 Å². The van der Waals surface area contributed by atoms with E-state index in [1.807, 2.05) is 0 Å². The summed E-state index contributed by atoms with van der Waals surface area (Å²) in [7, 11) is 0. The van der Waals surface area contributed by atoms with E-state index in [4.69, 9.17) is 10.3 Å². The van der Waals surface area contributed by atoms with E-state index in [-0.39, 0.29) is 0 Å². The Morgan fingerprint density at radius 2 is 2.28 bits per heavy atom. The fraction of sp³-hybridized carbons (Fsp3) is 0.846. The van der Waals surface area contributed by atoms with Gasteiger partial charge in [-0.3, -0.25) is 4.90 Å². The average Bonchev–Trinajstić information content (AvgIpc) is 2.70. The van der Waals surface area contributed by atoms with Gasteiger partial charge in [0, 0.05) is 25.6 Å². The van der Waals surface area contributed by atoms with Crippen molar-refractivity contribution in [1.82, 2.24) is 15.0 Å². The molecule has 2 atom stereocenters. The molecular weight excluding hydrogens is 228 g/mol. The molecule has 1 fully saturated rings. The van der Waals surface area contributed by atoms with Gasteiger partial charge in [0.05, 0.1) is 6.54 Å². The fourth-order valence-corrected chi connectivity index (χ4v) is 2.38. The normalized spacial score (nSPS) is 25.8. The highest BCUT2D eigenvalue weighted by Gasteiger charge is 2.24. The van der Waals surface area contributed by atoms with Crippen molar-refractivity contribution >= 4 is 0 Å². The zero-order valence-electron chi connectivity index (χ0n) is 11.6. The molecule has 0 amide bonds. The van der Waals surface area contributed by atoms with Crippen molar-refractivity contribution in [2.45, 2.75) is 46.2 Å². The monoisotopic (exact) mass is 252 g/mol. The standard InChI is InChI=1S/C13H24N4O/c1-9(2)6-13-15-12(16-18-13)8-17-5-4-11(14)10(3)7-17/h9-11H,4-8,14H2,1-3H3. The predicted octanol–water partition coefficient (Wildman–Crippen LogP) is 1.44. The number of hydrogen-bond acceptors (Lipinski definition) is 5. The molecule has 2 N–H and O–H groups in total. The van der Waals surface area contributed by atoms with Crippen molar-refractivity contribution in [3.63, 3.8) is 0 Å². The van der Waals surface area contributed by atoms with Crippen LogP contribution >= 0.6 is 0 Å². The van der Waals surface area contributed by atoms with Gasteiger partial charge in [-0.15, -0.1) is 0 Å². The number of piperidine rings is 1. The number of nitrogens with zero attached hydrogens (tertiary/aromatic N) is 3. The zero-order chi connectivity index (χ0) is 13.1. The predicted molar refractivity (Wildman–Crippen MR) is 69.9 cm³/mol. The molecule has 18 heavy (non-hydrogen) atoms. The first-order chi connectivity index (χ1) is 8.54. The van der Waals surface area contributed by atoms with Gasteiger partial charge in [-0.05, 0) is 18.3 Å². The van der Waals surface area contributed by atoms with Crippen molar-refractivity contribution in [3.05, 3.63) is 11.7 Å². The maximum atomic E-state index is 6.02. The average molecular weight is 252 g/mol. The van der Waals surface area contributed by atoms with Gasteiger partial charge in [-0.1, -0.05) is 25.9 Å². The quantitative estimate of drug-likeness (QED) is 0.878. The lowest BCUT2D eigenvalue weighted by Crippen LogP contribution is -2.45. The minimum Gasteiger partial charge on any atom is -0.339 e. The summed E-state index contributed by atoms with van der Waals surface area (Å²) in [4.78, 5) is 6.80. The van der Waals surface area contributed by atoms with Gasteiger partial charge in [0.2, 0.25) is 5.89 Å². The van der Waals surface area contributed by atoms with Crippen molar-refractivity contribution in [2.24, 2.45) is 17.6 Å². The highest BCUT2D eigenvalue weighted by molar-refractivity contribution is 4.89. The molecule has 2 unspecified atom stereocenters. The van der Waals surface area contributed by atoms with Crippen molar-refractivity contribution in [3.8, 4) is 0 Å². The number of rotatable bonds is 4. The van der Waals surface area contributed by atoms with Crippen LogP contribution in [-0.2, 0) is 13.0 Å². The molecule has 5 heteroatoms. The Labute approximate surface area is 109 Å². The van der Waals surface area contributed by atoms with Crippen LogP contribution in [0.4, 0.5) is 0 Å². The molecule has 2 heterocycles. The van der Waals surface area contributed by atoms with Crippen molar-refractivity contribution in [2.75, 3.05) is 13.1 Å². The molecular formula is C13H24N4O. The zero-order valence-corrected chi connectivity index (χ0v) is 11.6. The van der Waals surface area contributed by atoms with Gasteiger partial charge in [0.1, 0.15) is 0 Å². The Kier molecular flexibility index (Phi) is 4.35. The van der Waals surface area contributed by atoms with Crippen LogP contribution < -0.4 is 5.73 Å². The number of nitrogens with two attached hydrogens (primary N) is 1. The van der Waals surface area contributed by atoms with Crippen LogP contribution in [0.1, 0.15) is 38.9 Å². The third-order valence-corrected chi connectivity index (χ3v) is 3.51. The molecule has 1 aromatic rings. The lowest BCUT2D eigenvalue weighted by molar-refractivity contribution is 0.153. The molecule has 0 spiro atoms. The second kappa shape index (κ2) is 5.80. The molecule has 1 saturated heterocycles. The maximum Gasteiger partial charge on any atom is 0.226 e. The van der Waals surface area contributed by atoms with Gasteiger partial charge >= 0.3 is 0 Å². The summed E-state index contributed by atoms with van der Waals surface area (Å²) in [5.74, 6) is 2.64. The summed E-state index contributed by atoms with van der Waals surface area (Å²) < 4.78 is 5.25. The molecule has 1 aromatic heterocycles. The summed E-state index contributed by atoms with van der Waals surface area (Å²) in [5, 5.41) is 4.05. The molecule has 0 saturated carbocycles. The number of hydrogen-bond donors (Lipinski definition) is 1. The van der Waals surface area contributed by atoms with Gasteiger partial charge in [-0.25, -0.2) is 0 Å². The number of aromatic nitrogens is 2. The summed E-state index contributed by atoms with van der Waals surface area (Å²) in [6.07, 6.45) is 1.91. The van der Waals surface area contributed by atoms with Crippen LogP contribution in [0.3, 0.4) is 0 Å². The highest BCUT2D eigenvalue weighted by atomic mass is 16.5. The lowest BCUT2D eigenvalue weighted by Gasteiger charge is -2.34. The lowest BCUT2D eigenvalue weighted by atomic mass is 9.95. The first-order valence-corrected chi connectivity index (χ1v) is 6.84. The SMILES string of the molecule is CC(C)Cc1nc(CN2CCC(N)C(C)C2)no1. The van der Waals surface area contributed by atoms with E-state index in [2.05, 4.69) is 35.8 Å². The highest BCUT2D eigenvalue weighted by Crippen LogP contribution is 2.16.